The summed E-state index contributed by atoms with van der Waals surface area (Å²) in [6, 6.07) is 58.8. The summed E-state index contributed by atoms with van der Waals surface area (Å²) in [7, 11) is 0. The number of pyridine rings is 2. The van der Waals surface area contributed by atoms with Crippen LogP contribution < -0.4 is 0 Å². The Labute approximate surface area is 325 Å². The zero-order valence-electron chi connectivity index (χ0n) is 30.4. The number of para-hydroxylation sites is 7. The van der Waals surface area contributed by atoms with Crippen molar-refractivity contribution >= 4 is 65.8 Å². The second kappa shape index (κ2) is 12.3. The predicted molar refractivity (Wildman–Crippen MR) is 230 cm³/mol. The summed E-state index contributed by atoms with van der Waals surface area (Å²) in [4.78, 5) is 20.2. The number of rotatable bonds is 5. The first-order valence-electron chi connectivity index (χ1n) is 18.9. The van der Waals surface area contributed by atoms with Gasteiger partial charge in [-0.05, 0) is 96.1 Å². The van der Waals surface area contributed by atoms with Crippen LogP contribution in [0.2, 0.25) is 0 Å². The van der Waals surface area contributed by atoms with E-state index in [1.807, 2.05) is 73.1 Å². The van der Waals surface area contributed by atoms with Crippen molar-refractivity contribution in [1.82, 2.24) is 29.1 Å². The Morgan fingerprint density at radius 3 is 1.49 bits per heavy atom. The predicted octanol–water partition coefficient (Wildman–Crippen LogP) is 12.4. The minimum Gasteiger partial charge on any atom is -0.456 e. The SMILES string of the molecule is c1ccc2ncc(-c3nc4ccccc4n3-c3cc(-c4ccc5c(c4)oc4ccccc45)cc(-n4c(-c5cnc6ccccc6c5)nc5ccccc54)c3)cc2c1. The molecule has 12 rings (SSSR count). The van der Waals surface area contributed by atoms with Crippen LogP contribution >= 0.6 is 0 Å². The molecule has 0 unspecified atom stereocenters. The number of nitrogens with zero attached hydrogens (tertiary/aromatic N) is 6. The molecule has 12 aromatic rings. The highest BCUT2D eigenvalue weighted by molar-refractivity contribution is 6.06. The number of hydrogen-bond donors (Lipinski definition) is 0. The summed E-state index contributed by atoms with van der Waals surface area (Å²) in [5.74, 6) is 1.61. The Bertz CT molecular complexity index is 3380. The van der Waals surface area contributed by atoms with E-state index in [-0.39, 0.29) is 0 Å². The van der Waals surface area contributed by atoms with Crippen LogP contribution in [0, 0.1) is 0 Å². The molecule has 0 aliphatic heterocycles. The highest BCUT2D eigenvalue weighted by atomic mass is 16.3. The van der Waals surface area contributed by atoms with Gasteiger partial charge in [0.15, 0.2) is 0 Å². The van der Waals surface area contributed by atoms with Crippen LogP contribution in [0.5, 0.6) is 0 Å². The van der Waals surface area contributed by atoms with E-state index in [1.54, 1.807) is 0 Å². The van der Waals surface area contributed by atoms with Gasteiger partial charge in [-0.15, -0.1) is 0 Å². The molecule has 0 amide bonds. The lowest BCUT2D eigenvalue weighted by molar-refractivity contribution is 0.669. The van der Waals surface area contributed by atoms with Crippen LogP contribution in [-0.2, 0) is 0 Å². The molecule has 0 spiro atoms. The van der Waals surface area contributed by atoms with Gasteiger partial charge in [-0.2, -0.15) is 0 Å². The molecule has 0 saturated carbocycles. The molecule has 57 heavy (non-hydrogen) atoms. The van der Waals surface area contributed by atoms with Crippen molar-refractivity contribution in [2.75, 3.05) is 0 Å². The van der Waals surface area contributed by atoms with Crippen LogP contribution in [0.15, 0.2) is 187 Å². The minimum absolute atomic E-state index is 0.805. The van der Waals surface area contributed by atoms with E-state index < -0.39 is 0 Å². The van der Waals surface area contributed by atoms with Gasteiger partial charge in [0.1, 0.15) is 22.8 Å². The van der Waals surface area contributed by atoms with Gasteiger partial charge in [-0.1, -0.05) is 84.9 Å². The quantitative estimate of drug-likeness (QED) is 0.176. The van der Waals surface area contributed by atoms with Crippen LogP contribution in [-0.4, -0.2) is 29.1 Å². The van der Waals surface area contributed by atoms with E-state index in [0.29, 0.717) is 0 Å². The van der Waals surface area contributed by atoms with Gasteiger partial charge < -0.3 is 4.42 Å². The highest BCUT2D eigenvalue weighted by Gasteiger charge is 2.21. The maximum Gasteiger partial charge on any atom is 0.147 e. The molecule has 0 aliphatic rings. The third-order valence-electron chi connectivity index (χ3n) is 10.9. The van der Waals surface area contributed by atoms with E-state index >= 15 is 0 Å². The summed E-state index contributed by atoms with van der Waals surface area (Å²) in [5.41, 5.74) is 13.2. The molecule has 266 valence electrons. The summed E-state index contributed by atoms with van der Waals surface area (Å²) < 4.78 is 10.9. The number of benzene rings is 7. The second-order valence-electron chi connectivity index (χ2n) is 14.4. The zero-order chi connectivity index (χ0) is 37.5. The first kappa shape index (κ1) is 31.5. The van der Waals surface area contributed by atoms with Crippen molar-refractivity contribution in [3.8, 4) is 45.3 Å². The molecule has 0 bridgehead atoms. The van der Waals surface area contributed by atoms with Gasteiger partial charge in [0, 0.05) is 45.1 Å². The van der Waals surface area contributed by atoms with E-state index in [4.69, 9.17) is 24.4 Å². The Balaban J connectivity index is 1.15. The van der Waals surface area contributed by atoms with Crippen molar-refractivity contribution in [1.29, 1.82) is 0 Å². The molecule has 5 aromatic heterocycles. The van der Waals surface area contributed by atoms with Gasteiger partial charge in [-0.25, -0.2) is 9.97 Å². The molecule has 7 aromatic carbocycles. The summed E-state index contributed by atoms with van der Waals surface area (Å²) >= 11 is 0. The molecule has 0 saturated heterocycles. The lowest BCUT2D eigenvalue weighted by atomic mass is 10.0. The number of aromatic nitrogens is 6. The lowest BCUT2D eigenvalue weighted by Crippen LogP contribution is -2.03. The third kappa shape index (κ3) is 5.06. The lowest BCUT2D eigenvalue weighted by Gasteiger charge is -2.17. The molecule has 0 fully saturated rings. The maximum atomic E-state index is 6.41. The molecule has 0 aliphatic carbocycles. The van der Waals surface area contributed by atoms with Gasteiger partial charge in [0.2, 0.25) is 0 Å². The molecule has 5 heterocycles. The number of fused-ring (bicyclic) bond motifs is 7. The number of furan rings is 1. The highest BCUT2D eigenvalue weighted by Crippen LogP contribution is 2.38. The fraction of sp³-hybridized carbons (Fsp3) is 0. The summed E-state index contributed by atoms with van der Waals surface area (Å²) in [6.45, 7) is 0. The fourth-order valence-corrected chi connectivity index (χ4v) is 8.27. The topological polar surface area (TPSA) is 74.6 Å². The Morgan fingerprint density at radius 1 is 0.368 bits per heavy atom. The number of hydrogen-bond acceptors (Lipinski definition) is 5. The molecule has 0 N–H and O–H groups in total. The maximum absolute atomic E-state index is 6.41. The van der Waals surface area contributed by atoms with Gasteiger partial charge in [-0.3, -0.25) is 19.1 Å². The molecule has 0 atom stereocenters. The monoisotopic (exact) mass is 730 g/mol. The average molecular weight is 731 g/mol. The van der Waals surface area contributed by atoms with Crippen LogP contribution in [0.25, 0.3) is 111 Å². The van der Waals surface area contributed by atoms with Crippen molar-refractivity contribution in [3.05, 3.63) is 182 Å². The van der Waals surface area contributed by atoms with E-state index in [1.165, 1.54) is 0 Å². The zero-order valence-corrected chi connectivity index (χ0v) is 30.4. The first-order chi connectivity index (χ1) is 28.2. The summed E-state index contributed by atoms with van der Waals surface area (Å²) in [6.07, 6.45) is 3.85. The Hall–Kier alpha value is -7.90. The van der Waals surface area contributed by atoms with Crippen LogP contribution in [0.4, 0.5) is 0 Å². The minimum atomic E-state index is 0.805. The van der Waals surface area contributed by atoms with Crippen molar-refractivity contribution in [3.63, 3.8) is 0 Å². The van der Waals surface area contributed by atoms with E-state index in [2.05, 4.69) is 118 Å². The smallest absolute Gasteiger partial charge is 0.147 e. The first-order valence-corrected chi connectivity index (χ1v) is 18.9. The average Bonchev–Trinajstić information content (AvgIpc) is 3.97. The van der Waals surface area contributed by atoms with Crippen LogP contribution in [0.3, 0.4) is 0 Å². The standard InChI is InChI=1S/C50H30N6O/c1-4-14-41-32(11-1)23-35(29-51-41)49-53-43-16-6-8-18-45(43)55(49)37-25-34(31-21-22-40-39-13-3-10-20-47(39)57-48(40)27-31)26-38(28-37)56-46-19-9-7-17-44(46)54-50(56)36-24-33-12-2-5-15-42(33)52-30-36/h1-30H. The van der Waals surface area contributed by atoms with E-state index in [9.17, 15) is 0 Å². The second-order valence-corrected chi connectivity index (χ2v) is 14.4. The molecule has 0 radical (unpaired) electrons. The van der Waals surface area contributed by atoms with E-state index in [0.717, 1.165) is 111 Å². The van der Waals surface area contributed by atoms with Crippen molar-refractivity contribution in [2.24, 2.45) is 0 Å². The van der Waals surface area contributed by atoms with Gasteiger partial charge >= 0.3 is 0 Å². The van der Waals surface area contributed by atoms with Crippen molar-refractivity contribution in [2.45, 2.75) is 0 Å². The largest absolute Gasteiger partial charge is 0.456 e. The van der Waals surface area contributed by atoms with Crippen LogP contribution in [0.1, 0.15) is 0 Å². The van der Waals surface area contributed by atoms with Crippen molar-refractivity contribution < 1.29 is 4.42 Å². The Kier molecular flexibility index (Phi) is 6.79. The van der Waals surface area contributed by atoms with Gasteiger partial charge in [0.05, 0.1) is 44.5 Å². The molecule has 7 nitrogen and oxygen atoms in total. The molecule has 7 heteroatoms. The third-order valence-corrected chi connectivity index (χ3v) is 10.9. The molecular formula is C50H30N6O. The normalized spacial score (nSPS) is 11.9. The Morgan fingerprint density at radius 2 is 0.877 bits per heavy atom. The van der Waals surface area contributed by atoms with Gasteiger partial charge in [0.25, 0.3) is 0 Å². The fourth-order valence-electron chi connectivity index (χ4n) is 8.27. The molecular weight excluding hydrogens is 701 g/mol. The summed E-state index contributed by atoms with van der Waals surface area (Å²) in [5, 5.41) is 4.30. The number of imidazole rings is 2.